The van der Waals surface area contributed by atoms with Crippen molar-refractivity contribution in [3.63, 3.8) is 0 Å². The molecule has 0 unspecified atom stereocenters. The van der Waals surface area contributed by atoms with Crippen LogP contribution in [0.4, 0.5) is 0 Å². The molecule has 13 heavy (non-hydrogen) atoms. The Morgan fingerprint density at radius 3 is 2.69 bits per heavy atom. The van der Waals surface area contributed by atoms with E-state index in [9.17, 15) is 0 Å². The van der Waals surface area contributed by atoms with Crippen molar-refractivity contribution in [2.24, 2.45) is 0 Å². The highest BCUT2D eigenvalue weighted by Gasteiger charge is 2.18. The Morgan fingerprint density at radius 1 is 1.31 bits per heavy atom. The largest absolute Gasteiger partial charge is 0.329 e. The molecule has 0 amide bonds. The zero-order valence-electron chi connectivity index (χ0n) is 7.71. The minimum Gasteiger partial charge on any atom is -0.329 e. The second-order valence-electron chi connectivity index (χ2n) is 3.43. The lowest BCUT2D eigenvalue weighted by Crippen LogP contribution is -2.27. The van der Waals surface area contributed by atoms with E-state index < -0.39 is 0 Å². The molecule has 4 nitrogen and oxygen atoms in total. The van der Waals surface area contributed by atoms with E-state index in [0.717, 1.165) is 37.6 Å². The van der Waals surface area contributed by atoms with Gasteiger partial charge in [0.1, 0.15) is 11.6 Å². The van der Waals surface area contributed by atoms with E-state index in [1.807, 2.05) is 0 Å². The van der Waals surface area contributed by atoms with Gasteiger partial charge in [-0.25, -0.2) is 0 Å². The van der Waals surface area contributed by atoms with Gasteiger partial charge in [-0.15, -0.1) is 10.2 Å². The maximum Gasteiger partial charge on any atom is 0.133 e. The minimum atomic E-state index is 0.564. The fraction of sp³-hybridized carbons (Fsp3) is 0.667. The molecule has 0 atom stereocenters. The van der Waals surface area contributed by atoms with Crippen molar-refractivity contribution < 1.29 is 0 Å². The molecule has 1 aromatic rings. The number of aromatic nitrogens is 3. The van der Waals surface area contributed by atoms with Gasteiger partial charge < -0.3 is 10.3 Å². The molecule has 1 fully saturated rings. The Hall–Kier alpha value is -0.900. The summed E-state index contributed by atoms with van der Waals surface area (Å²) in [5.41, 5.74) is 0. The van der Waals surface area contributed by atoms with Gasteiger partial charge in [0, 0.05) is 12.3 Å². The van der Waals surface area contributed by atoms with Crippen molar-refractivity contribution in [1.82, 2.24) is 20.5 Å². The van der Waals surface area contributed by atoms with Gasteiger partial charge in [-0.05, 0) is 32.9 Å². The maximum atomic E-state index is 4.14. The van der Waals surface area contributed by atoms with Crippen molar-refractivity contribution in [1.29, 1.82) is 0 Å². The van der Waals surface area contributed by atoms with Crippen LogP contribution in [0.1, 0.15) is 30.4 Å². The van der Waals surface area contributed by atoms with Crippen molar-refractivity contribution >= 4 is 0 Å². The molecule has 0 spiro atoms. The summed E-state index contributed by atoms with van der Waals surface area (Å²) < 4.78 is 0. The van der Waals surface area contributed by atoms with Crippen LogP contribution in [0.3, 0.4) is 0 Å². The molecular weight excluding hydrogens is 164 g/mol. The van der Waals surface area contributed by atoms with E-state index in [1.165, 1.54) is 0 Å². The van der Waals surface area contributed by atoms with Crippen LogP contribution in [-0.4, -0.2) is 28.3 Å². The first kappa shape index (κ1) is 8.69. The van der Waals surface area contributed by atoms with E-state index in [-0.39, 0.29) is 0 Å². The van der Waals surface area contributed by atoms with Gasteiger partial charge in [0.05, 0.1) is 0 Å². The number of rotatable bonds is 2. The lowest BCUT2D eigenvalue weighted by Gasteiger charge is -2.19. The summed E-state index contributed by atoms with van der Waals surface area (Å²) in [5.74, 6) is 2.50. The van der Waals surface area contributed by atoms with E-state index >= 15 is 0 Å². The highest BCUT2D eigenvalue weighted by molar-refractivity contribution is 5.00. The quantitative estimate of drug-likeness (QED) is 0.700. The molecule has 0 saturated carbocycles. The highest BCUT2D eigenvalue weighted by Crippen LogP contribution is 2.21. The number of nitrogens with zero attached hydrogens (tertiary/aromatic N) is 2. The Bertz CT molecular complexity index is 262. The molecule has 4 heteroatoms. The average molecular weight is 179 g/mol. The number of aromatic amines is 1. The first-order valence-electron chi connectivity index (χ1n) is 4.81. The van der Waals surface area contributed by atoms with Gasteiger partial charge in [0.25, 0.3) is 0 Å². The SMILES string of the molecule is [CH2]Cc1nnc(C2CCNCC2)[nH]1. The van der Waals surface area contributed by atoms with Crippen LogP contribution in [0.2, 0.25) is 0 Å². The number of hydrogen-bond acceptors (Lipinski definition) is 3. The standard InChI is InChI=1S/C9H15N4/c1-2-8-11-9(13-12-8)7-3-5-10-6-4-7/h7,10H,1-6H2,(H,11,12,13). The summed E-state index contributed by atoms with van der Waals surface area (Å²) in [6.07, 6.45) is 3.01. The van der Waals surface area contributed by atoms with Gasteiger partial charge in [-0.3, -0.25) is 0 Å². The summed E-state index contributed by atoms with van der Waals surface area (Å²) in [5, 5.41) is 11.5. The van der Waals surface area contributed by atoms with Crippen molar-refractivity contribution in [3.8, 4) is 0 Å². The van der Waals surface area contributed by atoms with E-state index in [2.05, 4.69) is 27.4 Å². The van der Waals surface area contributed by atoms with Crippen LogP contribution < -0.4 is 5.32 Å². The van der Waals surface area contributed by atoms with Crippen molar-refractivity contribution in [3.05, 3.63) is 18.6 Å². The number of H-pyrrole nitrogens is 1. The molecule has 1 aromatic heterocycles. The number of piperidine rings is 1. The molecule has 1 aliphatic heterocycles. The first-order chi connectivity index (χ1) is 6.40. The Labute approximate surface area is 78.1 Å². The van der Waals surface area contributed by atoms with Crippen LogP contribution in [-0.2, 0) is 6.42 Å². The lowest BCUT2D eigenvalue weighted by atomic mass is 9.98. The second-order valence-corrected chi connectivity index (χ2v) is 3.43. The Balaban J connectivity index is 2.05. The van der Waals surface area contributed by atoms with Gasteiger partial charge in [0.2, 0.25) is 0 Å². The third-order valence-electron chi connectivity index (χ3n) is 2.51. The summed E-state index contributed by atoms with van der Waals surface area (Å²) >= 11 is 0. The fourth-order valence-electron chi connectivity index (χ4n) is 1.70. The molecule has 2 rings (SSSR count). The zero-order chi connectivity index (χ0) is 9.10. The number of hydrogen-bond donors (Lipinski definition) is 2. The third-order valence-corrected chi connectivity index (χ3v) is 2.51. The monoisotopic (exact) mass is 179 g/mol. The van der Waals surface area contributed by atoms with Crippen LogP contribution in [0, 0.1) is 6.92 Å². The molecule has 0 aliphatic carbocycles. The molecule has 1 saturated heterocycles. The highest BCUT2D eigenvalue weighted by atomic mass is 15.2. The smallest absolute Gasteiger partial charge is 0.133 e. The molecule has 2 heterocycles. The Morgan fingerprint density at radius 2 is 2.08 bits per heavy atom. The summed E-state index contributed by atoms with van der Waals surface area (Å²) in [4.78, 5) is 3.22. The average Bonchev–Trinajstić information content (AvgIpc) is 2.67. The Kier molecular flexibility index (Phi) is 2.59. The van der Waals surface area contributed by atoms with E-state index in [0.29, 0.717) is 12.3 Å². The molecule has 1 radical (unpaired) electrons. The van der Waals surface area contributed by atoms with Gasteiger partial charge in [-0.1, -0.05) is 0 Å². The fourth-order valence-corrected chi connectivity index (χ4v) is 1.70. The van der Waals surface area contributed by atoms with Gasteiger partial charge in [0.15, 0.2) is 0 Å². The molecule has 0 bridgehead atoms. The molecule has 71 valence electrons. The van der Waals surface area contributed by atoms with Crippen molar-refractivity contribution in [2.45, 2.75) is 25.2 Å². The van der Waals surface area contributed by atoms with Crippen LogP contribution >= 0.6 is 0 Å². The van der Waals surface area contributed by atoms with Gasteiger partial charge in [-0.2, -0.15) is 0 Å². The topological polar surface area (TPSA) is 53.6 Å². The number of nitrogens with one attached hydrogen (secondary N) is 2. The minimum absolute atomic E-state index is 0.564. The van der Waals surface area contributed by atoms with Crippen LogP contribution in [0.25, 0.3) is 0 Å². The molecule has 1 aliphatic rings. The second kappa shape index (κ2) is 3.87. The van der Waals surface area contributed by atoms with Crippen LogP contribution in [0.15, 0.2) is 0 Å². The predicted molar refractivity (Wildman–Crippen MR) is 50.3 cm³/mol. The van der Waals surface area contributed by atoms with E-state index in [4.69, 9.17) is 0 Å². The van der Waals surface area contributed by atoms with Crippen molar-refractivity contribution in [2.75, 3.05) is 13.1 Å². The van der Waals surface area contributed by atoms with Gasteiger partial charge >= 0.3 is 0 Å². The molecule has 2 N–H and O–H groups in total. The maximum absolute atomic E-state index is 4.14. The summed E-state index contributed by atoms with van der Waals surface area (Å²) in [6, 6.07) is 0. The first-order valence-corrected chi connectivity index (χ1v) is 4.81. The third kappa shape index (κ3) is 1.88. The normalized spacial score (nSPS) is 19.2. The van der Waals surface area contributed by atoms with E-state index in [1.54, 1.807) is 0 Å². The summed E-state index contributed by atoms with van der Waals surface area (Å²) in [6.45, 7) is 5.95. The molecule has 0 aromatic carbocycles. The molecular formula is C9H15N4. The van der Waals surface area contributed by atoms with Crippen LogP contribution in [0.5, 0.6) is 0 Å². The lowest BCUT2D eigenvalue weighted by molar-refractivity contribution is 0.446. The summed E-state index contributed by atoms with van der Waals surface area (Å²) in [7, 11) is 0. The predicted octanol–water partition coefficient (Wildman–Crippen LogP) is 0.648. The zero-order valence-corrected chi connectivity index (χ0v) is 7.71.